The third-order valence-electron chi connectivity index (χ3n) is 5.12. The minimum atomic E-state index is -1.13. The largest absolute Gasteiger partial charge is 0.344 e. The molecule has 4 N–H and O–H groups in total. The lowest BCUT2D eigenvalue weighted by molar-refractivity contribution is -0.135. The third-order valence-corrected chi connectivity index (χ3v) is 5.12. The van der Waals surface area contributed by atoms with E-state index in [1.165, 1.54) is 34.7 Å². The topological polar surface area (TPSA) is 168 Å². The van der Waals surface area contributed by atoms with E-state index in [9.17, 15) is 33.6 Å². The number of rotatable bonds is 16. The third kappa shape index (κ3) is 11.8. The van der Waals surface area contributed by atoms with Gasteiger partial charge in [0.15, 0.2) is 5.78 Å². The summed E-state index contributed by atoms with van der Waals surface area (Å²) in [7, 11) is 1.50. The Morgan fingerprint density at radius 2 is 1.09 bits per heavy atom. The second kappa shape index (κ2) is 15.0. The van der Waals surface area contributed by atoms with Gasteiger partial charge in [-0.3, -0.25) is 28.8 Å². The van der Waals surface area contributed by atoms with Gasteiger partial charge in [0.2, 0.25) is 17.7 Å². The summed E-state index contributed by atoms with van der Waals surface area (Å²) in [5, 5.41) is 10.3. The normalized spacial score (nSPS) is 14.4. The molecule has 0 rings (SSSR count). The molecule has 0 heterocycles. The van der Waals surface area contributed by atoms with E-state index in [0.29, 0.717) is 0 Å². The van der Waals surface area contributed by atoms with Crippen molar-refractivity contribution in [3.8, 4) is 0 Å². The van der Waals surface area contributed by atoms with E-state index in [2.05, 4.69) is 21.3 Å². The van der Waals surface area contributed by atoms with Crippen LogP contribution in [0.15, 0.2) is 0 Å². The number of amides is 3. The van der Waals surface area contributed by atoms with Crippen LogP contribution in [0.3, 0.4) is 0 Å². The summed E-state index contributed by atoms with van der Waals surface area (Å²) in [5.41, 5.74) is 0. The maximum Gasteiger partial charge on any atom is 0.243 e. The van der Waals surface area contributed by atoms with Gasteiger partial charge in [-0.2, -0.15) is 0 Å². The summed E-state index contributed by atoms with van der Waals surface area (Å²) in [6.07, 6.45) is -0.239. The van der Waals surface area contributed by atoms with Crippen molar-refractivity contribution in [1.82, 2.24) is 21.3 Å². The highest BCUT2D eigenvalue weighted by Crippen LogP contribution is 2.08. The van der Waals surface area contributed by atoms with Crippen molar-refractivity contribution in [2.75, 3.05) is 7.05 Å². The Morgan fingerprint density at radius 1 is 0.618 bits per heavy atom. The molecule has 0 saturated carbocycles. The zero-order valence-corrected chi connectivity index (χ0v) is 21.1. The van der Waals surface area contributed by atoms with Gasteiger partial charge in [-0.15, -0.1) is 0 Å². The van der Waals surface area contributed by atoms with Gasteiger partial charge in [0.05, 0.1) is 12.1 Å². The highest BCUT2D eigenvalue weighted by atomic mass is 16.2. The number of hydrogen-bond acceptors (Lipinski definition) is 8. The van der Waals surface area contributed by atoms with E-state index in [1.54, 1.807) is 13.8 Å². The molecule has 0 aromatic rings. The fraction of sp³-hybridized carbons (Fsp3) is 0.696. The Morgan fingerprint density at radius 3 is 1.50 bits per heavy atom. The van der Waals surface area contributed by atoms with Crippen LogP contribution >= 0.6 is 0 Å². The number of likely N-dealkylation sites (N-methyl/N-ethyl adjacent to an activating group) is 1. The number of hydrogen-bond donors (Lipinski definition) is 4. The summed E-state index contributed by atoms with van der Waals surface area (Å²) < 4.78 is 0. The second-order valence-electron chi connectivity index (χ2n) is 8.86. The predicted molar refractivity (Wildman–Crippen MR) is 125 cm³/mol. The standard InChI is InChI=1S/C23H38N4O7/c1-12(2)20(23(34)26-18(16(6)31)10-14(4)29)27-21(32)17(9-8-13(3)28)25-22(33)19(24-7)11-15(5)30/h12,17-20,24H,8-11H2,1-7H3,(H,25,33)(H,26,34)(H,27,32)/t17-,18-,19-,20-/m0/s1. The summed E-state index contributed by atoms with van der Waals surface area (Å²) in [6, 6.07) is -4.07. The summed E-state index contributed by atoms with van der Waals surface area (Å²) in [6.45, 7) is 8.62. The lowest BCUT2D eigenvalue weighted by atomic mass is 10.00. The van der Waals surface area contributed by atoms with E-state index in [0.717, 1.165) is 0 Å². The predicted octanol–water partition coefficient (Wildman–Crippen LogP) is -0.399. The number of carbonyl (C=O) groups excluding carboxylic acids is 7. The number of carbonyl (C=O) groups is 7. The first-order valence-electron chi connectivity index (χ1n) is 11.3. The van der Waals surface area contributed by atoms with Crippen LogP contribution in [0.1, 0.15) is 67.2 Å². The second-order valence-corrected chi connectivity index (χ2v) is 8.86. The van der Waals surface area contributed by atoms with Crippen LogP contribution in [0.5, 0.6) is 0 Å². The Labute approximate surface area is 200 Å². The molecular weight excluding hydrogens is 444 g/mol. The maximum atomic E-state index is 13.0. The molecule has 0 aromatic carbocycles. The monoisotopic (exact) mass is 482 g/mol. The minimum absolute atomic E-state index is 0.00372. The van der Waals surface area contributed by atoms with Crippen LogP contribution in [-0.4, -0.2) is 72.1 Å². The van der Waals surface area contributed by atoms with Crippen LogP contribution in [0.4, 0.5) is 0 Å². The van der Waals surface area contributed by atoms with Gasteiger partial charge in [0, 0.05) is 19.3 Å². The van der Waals surface area contributed by atoms with E-state index < -0.39 is 47.7 Å². The van der Waals surface area contributed by atoms with E-state index in [-0.39, 0.29) is 49.0 Å². The number of nitrogens with one attached hydrogen (secondary N) is 4. The van der Waals surface area contributed by atoms with Crippen molar-refractivity contribution in [2.45, 2.75) is 91.4 Å². The molecule has 0 saturated heterocycles. The Hall–Kier alpha value is -2.95. The smallest absolute Gasteiger partial charge is 0.243 e. The molecule has 11 nitrogen and oxygen atoms in total. The lowest BCUT2D eigenvalue weighted by Crippen LogP contribution is -2.58. The van der Waals surface area contributed by atoms with Crippen LogP contribution in [0.2, 0.25) is 0 Å². The van der Waals surface area contributed by atoms with Gasteiger partial charge in [0.25, 0.3) is 0 Å². The van der Waals surface area contributed by atoms with Crippen LogP contribution in [-0.2, 0) is 33.6 Å². The highest BCUT2D eigenvalue weighted by Gasteiger charge is 2.32. The Bertz CT molecular complexity index is 794. The quantitative estimate of drug-likeness (QED) is 0.230. The van der Waals surface area contributed by atoms with E-state index in [1.807, 2.05) is 0 Å². The Kier molecular flexibility index (Phi) is 13.7. The zero-order chi connectivity index (χ0) is 26.6. The molecule has 0 bridgehead atoms. The fourth-order valence-electron chi connectivity index (χ4n) is 3.14. The van der Waals surface area contributed by atoms with Crippen molar-refractivity contribution in [2.24, 2.45) is 5.92 Å². The first-order valence-corrected chi connectivity index (χ1v) is 11.3. The number of Topliss-reactive ketones (excluding diaryl/α,β-unsaturated/α-hetero) is 4. The lowest BCUT2D eigenvalue weighted by Gasteiger charge is -2.27. The molecule has 192 valence electrons. The van der Waals surface area contributed by atoms with Crippen molar-refractivity contribution in [3.63, 3.8) is 0 Å². The molecule has 0 fully saturated rings. The molecule has 3 amide bonds. The Balaban J connectivity index is 5.60. The summed E-state index contributed by atoms with van der Waals surface area (Å²) in [5.74, 6) is -3.40. The van der Waals surface area contributed by atoms with Crippen molar-refractivity contribution >= 4 is 40.9 Å². The van der Waals surface area contributed by atoms with Crippen molar-refractivity contribution < 1.29 is 33.6 Å². The maximum absolute atomic E-state index is 13.0. The molecule has 0 radical (unpaired) electrons. The molecule has 0 aliphatic heterocycles. The van der Waals surface area contributed by atoms with Crippen LogP contribution < -0.4 is 21.3 Å². The van der Waals surface area contributed by atoms with Crippen molar-refractivity contribution in [1.29, 1.82) is 0 Å². The van der Waals surface area contributed by atoms with Crippen molar-refractivity contribution in [3.05, 3.63) is 0 Å². The molecule has 0 unspecified atom stereocenters. The number of ketones is 4. The molecule has 0 spiro atoms. The van der Waals surface area contributed by atoms with E-state index in [4.69, 9.17) is 0 Å². The highest BCUT2D eigenvalue weighted by molar-refractivity contribution is 5.96. The molecular formula is C23H38N4O7. The molecule has 0 aromatic heterocycles. The van der Waals surface area contributed by atoms with Crippen LogP contribution in [0.25, 0.3) is 0 Å². The van der Waals surface area contributed by atoms with E-state index >= 15 is 0 Å². The molecule has 0 aliphatic rings. The van der Waals surface area contributed by atoms with Gasteiger partial charge in [-0.1, -0.05) is 13.8 Å². The average Bonchev–Trinajstić information content (AvgIpc) is 2.71. The fourth-order valence-corrected chi connectivity index (χ4v) is 3.14. The van der Waals surface area contributed by atoms with Gasteiger partial charge >= 0.3 is 0 Å². The first-order chi connectivity index (χ1) is 15.7. The van der Waals surface area contributed by atoms with Gasteiger partial charge in [0.1, 0.15) is 29.4 Å². The summed E-state index contributed by atoms with van der Waals surface area (Å²) >= 11 is 0. The first kappa shape index (κ1) is 31.0. The minimum Gasteiger partial charge on any atom is -0.344 e. The van der Waals surface area contributed by atoms with Gasteiger partial charge < -0.3 is 26.1 Å². The molecule has 11 heteroatoms. The molecule has 0 aliphatic carbocycles. The zero-order valence-electron chi connectivity index (χ0n) is 21.1. The summed E-state index contributed by atoms with van der Waals surface area (Å²) in [4.78, 5) is 84.6. The molecule has 34 heavy (non-hydrogen) atoms. The van der Waals surface area contributed by atoms with Gasteiger partial charge in [-0.25, -0.2) is 0 Å². The molecule has 4 atom stereocenters. The SMILES string of the molecule is CN[C@@H](CC(C)=O)C(=O)N[C@@H](CCC(C)=O)C(=O)N[C@H](C(=O)N[C@@H](CC(C)=O)C(C)=O)C(C)C. The van der Waals surface area contributed by atoms with Crippen LogP contribution in [0, 0.1) is 5.92 Å². The average molecular weight is 483 g/mol. The van der Waals surface area contributed by atoms with Gasteiger partial charge in [-0.05, 0) is 47.1 Å².